The normalized spacial score (nSPS) is 19.3. The smallest absolute Gasteiger partial charge is 0.297 e. The fourth-order valence-corrected chi connectivity index (χ4v) is 7.70. The van der Waals surface area contributed by atoms with Crippen molar-refractivity contribution in [3.63, 3.8) is 0 Å². The van der Waals surface area contributed by atoms with Crippen molar-refractivity contribution in [3.8, 4) is 16.9 Å². The van der Waals surface area contributed by atoms with Crippen LogP contribution in [0.1, 0.15) is 37.6 Å². The van der Waals surface area contributed by atoms with Gasteiger partial charge in [0.1, 0.15) is 23.3 Å². The van der Waals surface area contributed by atoms with Crippen molar-refractivity contribution in [2.24, 2.45) is 12.5 Å². The second kappa shape index (κ2) is 11.9. The largest absolute Gasteiger partial charge is 0.392 e. The molecule has 0 bridgehead atoms. The van der Waals surface area contributed by atoms with Crippen molar-refractivity contribution in [1.29, 1.82) is 0 Å². The maximum Gasteiger partial charge on any atom is 0.297 e. The van der Waals surface area contributed by atoms with E-state index in [1.807, 2.05) is 28.8 Å². The van der Waals surface area contributed by atoms with E-state index in [9.17, 15) is 14.7 Å². The molecule has 0 unspecified atom stereocenters. The van der Waals surface area contributed by atoms with Crippen LogP contribution in [0.4, 0.5) is 17.2 Å². The van der Waals surface area contributed by atoms with Crippen LogP contribution in [0.3, 0.4) is 0 Å². The zero-order valence-electron chi connectivity index (χ0n) is 28.3. The van der Waals surface area contributed by atoms with Gasteiger partial charge < -0.3 is 24.6 Å². The first-order valence-electron chi connectivity index (χ1n) is 16.8. The third-order valence-electron chi connectivity index (χ3n) is 10.3. The SMILES string of the molecule is C[C@@H]1CN(c2ccc(Nc3cc(-c4ccnc(-n5ncn6c7c(cc6c5=O)CC(C)(C)C7)c4CO)cn(C)c3=O)nc2)CCN1C1COC1. The van der Waals surface area contributed by atoms with E-state index < -0.39 is 0 Å². The molecule has 2 fully saturated rings. The Labute approximate surface area is 283 Å². The van der Waals surface area contributed by atoms with Crippen molar-refractivity contribution < 1.29 is 9.84 Å². The molecule has 8 rings (SSSR count). The van der Waals surface area contributed by atoms with Gasteiger partial charge in [0.25, 0.3) is 11.1 Å². The molecule has 2 saturated heterocycles. The molecular weight excluding hydrogens is 622 g/mol. The highest BCUT2D eigenvalue weighted by Crippen LogP contribution is 2.37. The summed E-state index contributed by atoms with van der Waals surface area (Å²) >= 11 is 0. The van der Waals surface area contributed by atoms with Gasteiger partial charge in [0.05, 0.1) is 37.7 Å². The predicted molar refractivity (Wildman–Crippen MR) is 187 cm³/mol. The van der Waals surface area contributed by atoms with Crippen LogP contribution in [0.15, 0.2) is 64.8 Å². The van der Waals surface area contributed by atoms with Gasteiger partial charge in [0.2, 0.25) is 0 Å². The maximum absolute atomic E-state index is 13.8. The molecule has 13 nitrogen and oxygen atoms in total. The standard InChI is InChI=1S/C36H41N9O4/c1-22-16-42(9-10-43(22)26-19-49-20-26)25-5-6-32(38-15-25)40-29-11-24(17-41(4)34(29)47)27-7-8-37-33(28(27)18-46)45-35(48)30-12-23-13-36(2,3)14-31(23)44(30)21-39-45/h5-8,11-12,15,17,21-22,26,46H,9-10,13-14,16,18-20H2,1-4H3,(H,38,40)/t22-/m1/s1. The van der Waals surface area contributed by atoms with Crippen LogP contribution in [0.2, 0.25) is 0 Å². The molecule has 7 heterocycles. The molecule has 2 aliphatic heterocycles. The van der Waals surface area contributed by atoms with E-state index in [0.29, 0.717) is 45.8 Å². The number of aryl methyl sites for hydroxylation is 1. The fraction of sp³-hybridized carbons (Fsp3) is 0.417. The second-order valence-corrected chi connectivity index (χ2v) is 14.4. The zero-order valence-corrected chi connectivity index (χ0v) is 28.3. The van der Waals surface area contributed by atoms with Gasteiger partial charge in [-0.1, -0.05) is 13.8 Å². The lowest BCUT2D eigenvalue weighted by molar-refractivity contribution is -0.0792. The van der Waals surface area contributed by atoms with Gasteiger partial charge in [-0.25, -0.2) is 9.97 Å². The number of nitrogens with zero attached hydrogens (tertiary/aromatic N) is 8. The van der Waals surface area contributed by atoms with E-state index in [1.165, 1.54) is 9.25 Å². The van der Waals surface area contributed by atoms with Gasteiger partial charge in [-0.15, -0.1) is 0 Å². The minimum absolute atomic E-state index is 0.143. The Morgan fingerprint density at radius 1 is 1.06 bits per heavy atom. The number of aliphatic hydroxyl groups excluding tert-OH is 1. The first kappa shape index (κ1) is 31.4. The number of fused-ring (bicyclic) bond motifs is 3. The summed E-state index contributed by atoms with van der Waals surface area (Å²) in [6.45, 7) is 10.8. The number of aliphatic hydroxyl groups is 1. The summed E-state index contributed by atoms with van der Waals surface area (Å²) < 4.78 is 10.0. The van der Waals surface area contributed by atoms with Crippen LogP contribution in [-0.2, 0) is 31.2 Å². The van der Waals surface area contributed by atoms with Crippen LogP contribution in [0, 0.1) is 5.41 Å². The molecule has 0 spiro atoms. The van der Waals surface area contributed by atoms with Crippen LogP contribution < -0.4 is 21.3 Å². The lowest BCUT2D eigenvalue weighted by atomic mass is 9.90. The number of ether oxygens (including phenoxy) is 1. The molecule has 1 aliphatic carbocycles. The third kappa shape index (κ3) is 5.51. The summed E-state index contributed by atoms with van der Waals surface area (Å²) in [5, 5.41) is 18.3. The van der Waals surface area contributed by atoms with Crippen molar-refractivity contribution >= 4 is 22.7 Å². The Morgan fingerprint density at radius 2 is 1.90 bits per heavy atom. The Bertz CT molecular complexity index is 2180. The number of hydrogen-bond acceptors (Lipinski definition) is 10. The van der Waals surface area contributed by atoms with Crippen molar-refractivity contribution in [2.75, 3.05) is 43.1 Å². The molecule has 13 heteroatoms. The minimum atomic E-state index is -0.389. The molecule has 254 valence electrons. The molecule has 0 saturated carbocycles. The number of hydrogen-bond donors (Lipinski definition) is 2. The topological polar surface area (TPSA) is 135 Å². The molecule has 5 aromatic heterocycles. The summed E-state index contributed by atoms with van der Waals surface area (Å²) in [5.41, 5.74) is 5.49. The van der Waals surface area contributed by atoms with E-state index >= 15 is 0 Å². The highest BCUT2D eigenvalue weighted by Gasteiger charge is 2.34. The zero-order chi connectivity index (χ0) is 34.0. The number of piperazine rings is 1. The third-order valence-corrected chi connectivity index (χ3v) is 10.3. The van der Waals surface area contributed by atoms with E-state index in [-0.39, 0.29) is 29.0 Å². The minimum Gasteiger partial charge on any atom is -0.392 e. The molecule has 0 radical (unpaired) electrons. The number of aromatic nitrogens is 6. The van der Waals surface area contributed by atoms with E-state index in [4.69, 9.17) is 4.74 Å². The van der Waals surface area contributed by atoms with Gasteiger partial charge in [0.15, 0.2) is 5.82 Å². The molecule has 49 heavy (non-hydrogen) atoms. The first-order valence-corrected chi connectivity index (χ1v) is 16.8. The second-order valence-electron chi connectivity index (χ2n) is 14.4. The Balaban J connectivity index is 1.07. The van der Waals surface area contributed by atoms with Crippen LogP contribution >= 0.6 is 0 Å². The quantitative estimate of drug-likeness (QED) is 0.268. The van der Waals surface area contributed by atoms with Crippen LogP contribution in [-0.4, -0.2) is 83.7 Å². The maximum atomic E-state index is 13.8. The van der Waals surface area contributed by atoms with Gasteiger partial charge >= 0.3 is 0 Å². The van der Waals surface area contributed by atoms with Gasteiger partial charge in [-0.3, -0.25) is 18.9 Å². The van der Waals surface area contributed by atoms with Crippen LogP contribution in [0.25, 0.3) is 22.5 Å². The Morgan fingerprint density at radius 3 is 2.61 bits per heavy atom. The van der Waals surface area contributed by atoms with Crippen molar-refractivity contribution in [2.45, 2.75) is 52.3 Å². The van der Waals surface area contributed by atoms with Gasteiger partial charge in [-0.05, 0) is 66.6 Å². The molecule has 2 N–H and O–H groups in total. The molecular formula is C36H41N9O4. The lowest BCUT2D eigenvalue weighted by Gasteiger charge is -2.47. The number of pyridine rings is 3. The summed E-state index contributed by atoms with van der Waals surface area (Å²) in [4.78, 5) is 41.0. The summed E-state index contributed by atoms with van der Waals surface area (Å²) in [6.07, 6.45) is 8.55. The van der Waals surface area contributed by atoms with E-state index in [0.717, 1.165) is 62.6 Å². The summed E-state index contributed by atoms with van der Waals surface area (Å²) in [6, 6.07) is 10.3. The number of nitrogens with one attached hydrogen (secondary N) is 1. The molecule has 3 aliphatic rings. The van der Waals surface area contributed by atoms with E-state index in [2.05, 4.69) is 51.0 Å². The average molecular weight is 664 g/mol. The number of anilines is 3. The van der Waals surface area contributed by atoms with Gasteiger partial charge in [0, 0.05) is 61.9 Å². The molecule has 0 amide bonds. The lowest BCUT2D eigenvalue weighted by Crippen LogP contribution is -2.60. The van der Waals surface area contributed by atoms with Crippen molar-refractivity contribution in [1.82, 2.24) is 33.6 Å². The van der Waals surface area contributed by atoms with Crippen LogP contribution in [0.5, 0.6) is 0 Å². The predicted octanol–water partition coefficient (Wildman–Crippen LogP) is 2.91. The van der Waals surface area contributed by atoms with Crippen molar-refractivity contribution in [3.05, 3.63) is 92.8 Å². The molecule has 1 atom stereocenters. The number of rotatable bonds is 7. The monoisotopic (exact) mass is 663 g/mol. The highest BCUT2D eigenvalue weighted by atomic mass is 16.5. The Hall–Kier alpha value is -4.85. The van der Waals surface area contributed by atoms with Gasteiger partial charge in [-0.2, -0.15) is 9.78 Å². The average Bonchev–Trinajstić information content (AvgIpc) is 3.55. The molecule has 5 aromatic rings. The Kier molecular flexibility index (Phi) is 7.65. The molecule has 0 aromatic carbocycles. The first-order chi connectivity index (χ1) is 23.6. The van der Waals surface area contributed by atoms with E-state index in [1.54, 1.807) is 37.9 Å². The highest BCUT2D eigenvalue weighted by molar-refractivity contribution is 5.73. The fourth-order valence-electron chi connectivity index (χ4n) is 7.70. The summed E-state index contributed by atoms with van der Waals surface area (Å²) in [5.74, 6) is 0.784. The summed E-state index contributed by atoms with van der Waals surface area (Å²) in [7, 11) is 1.68.